The fraction of sp³-hybridized carbons (Fsp3) is 0.105. The Morgan fingerprint density at radius 1 is 1.11 bits per heavy atom. The normalized spacial score (nSPS) is 11.8. The summed E-state index contributed by atoms with van der Waals surface area (Å²) < 4.78 is 19.1. The maximum Gasteiger partial charge on any atom is 0.349 e. The van der Waals surface area contributed by atoms with E-state index in [1.165, 1.54) is 43.3 Å². The molecule has 8 heteroatoms. The molecule has 2 aromatic carbocycles. The van der Waals surface area contributed by atoms with Crippen molar-refractivity contribution < 1.29 is 23.5 Å². The first-order chi connectivity index (χ1) is 12.8. The minimum atomic E-state index is -1.05. The van der Waals surface area contributed by atoms with Crippen LogP contribution in [0.25, 0.3) is 10.1 Å². The van der Waals surface area contributed by atoms with Gasteiger partial charge in [0.05, 0.1) is 0 Å². The Balaban J connectivity index is 1.64. The molecule has 0 saturated heterocycles. The number of fused-ring (bicyclic) bond motifs is 1. The lowest BCUT2D eigenvalue weighted by atomic mass is 10.2. The summed E-state index contributed by atoms with van der Waals surface area (Å²) in [5.41, 5.74) is 5.91. The highest BCUT2D eigenvalue weighted by Crippen LogP contribution is 2.27. The van der Waals surface area contributed by atoms with Gasteiger partial charge >= 0.3 is 5.97 Å². The van der Waals surface area contributed by atoms with E-state index >= 15 is 0 Å². The van der Waals surface area contributed by atoms with Gasteiger partial charge in [0.2, 0.25) is 5.91 Å². The number of anilines is 1. The highest BCUT2D eigenvalue weighted by molar-refractivity contribution is 7.20. The number of hydrogen-bond donors (Lipinski definition) is 2. The lowest BCUT2D eigenvalue weighted by Gasteiger charge is -2.13. The van der Waals surface area contributed by atoms with Crippen molar-refractivity contribution in [3.8, 4) is 0 Å². The lowest BCUT2D eigenvalue weighted by molar-refractivity contribution is -0.123. The van der Waals surface area contributed by atoms with Crippen molar-refractivity contribution in [2.24, 2.45) is 5.73 Å². The Morgan fingerprint density at radius 3 is 2.48 bits per heavy atom. The van der Waals surface area contributed by atoms with E-state index in [4.69, 9.17) is 10.5 Å². The number of carbonyl (C=O) groups excluding carboxylic acids is 3. The van der Waals surface area contributed by atoms with Crippen LogP contribution in [0, 0.1) is 5.82 Å². The van der Waals surface area contributed by atoms with Crippen molar-refractivity contribution in [1.82, 2.24) is 0 Å². The van der Waals surface area contributed by atoms with Crippen LogP contribution in [0.1, 0.15) is 27.0 Å². The molecule has 0 unspecified atom stereocenters. The molecule has 3 N–H and O–H groups in total. The average Bonchev–Trinajstić information content (AvgIpc) is 3.05. The predicted molar refractivity (Wildman–Crippen MR) is 100 cm³/mol. The molecule has 3 rings (SSSR count). The Bertz CT molecular complexity index is 1030. The maximum atomic E-state index is 13.3. The SMILES string of the molecule is C[C@@H](OC(=O)c1cc2ccc(F)cc2s1)C(=O)Nc1ccc(C(N)=O)cc1. The van der Waals surface area contributed by atoms with Crippen molar-refractivity contribution >= 4 is 44.9 Å². The van der Waals surface area contributed by atoms with E-state index < -0.39 is 23.9 Å². The Morgan fingerprint density at radius 2 is 1.81 bits per heavy atom. The summed E-state index contributed by atoms with van der Waals surface area (Å²) in [4.78, 5) is 35.8. The third-order valence-corrected chi connectivity index (χ3v) is 4.85. The Labute approximate surface area is 157 Å². The third-order valence-electron chi connectivity index (χ3n) is 3.77. The van der Waals surface area contributed by atoms with Gasteiger partial charge in [-0.2, -0.15) is 0 Å². The topological polar surface area (TPSA) is 98.5 Å². The lowest BCUT2D eigenvalue weighted by Crippen LogP contribution is -2.29. The van der Waals surface area contributed by atoms with E-state index in [1.807, 2.05) is 0 Å². The second-order valence-corrected chi connectivity index (χ2v) is 6.85. The molecule has 1 heterocycles. The predicted octanol–water partition coefficient (Wildman–Crippen LogP) is 3.32. The summed E-state index contributed by atoms with van der Waals surface area (Å²) >= 11 is 1.09. The van der Waals surface area contributed by atoms with E-state index in [-0.39, 0.29) is 10.7 Å². The van der Waals surface area contributed by atoms with Crippen LogP contribution in [-0.2, 0) is 9.53 Å². The first kappa shape index (κ1) is 18.5. The fourth-order valence-electron chi connectivity index (χ4n) is 2.34. The van der Waals surface area contributed by atoms with Crippen LogP contribution in [-0.4, -0.2) is 23.9 Å². The molecule has 0 spiro atoms. The second-order valence-electron chi connectivity index (χ2n) is 5.77. The van der Waals surface area contributed by atoms with Crippen molar-refractivity contribution in [1.29, 1.82) is 0 Å². The summed E-state index contributed by atoms with van der Waals surface area (Å²) in [6.45, 7) is 1.44. The Kier molecular flexibility index (Phi) is 5.18. The second kappa shape index (κ2) is 7.55. The van der Waals surface area contributed by atoms with Gasteiger partial charge in [-0.05, 0) is 54.8 Å². The van der Waals surface area contributed by atoms with Gasteiger partial charge in [-0.15, -0.1) is 11.3 Å². The number of nitrogens with two attached hydrogens (primary N) is 1. The molecule has 1 aromatic heterocycles. The molecule has 3 aromatic rings. The molecule has 0 fully saturated rings. The number of ether oxygens (including phenoxy) is 1. The fourth-order valence-corrected chi connectivity index (χ4v) is 3.31. The van der Waals surface area contributed by atoms with Gasteiger partial charge in [-0.25, -0.2) is 9.18 Å². The molecular weight excluding hydrogens is 371 g/mol. The summed E-state index contributed by atoms with van der Waals surface area (Å²) in [5.74, 6) is -2.15. The van der Waals surface area contributed by atoms with E-state index in [9.17, 15) is 18.8 Å². The number of benzene rings is 2. The number of amides is 2. The quantitative estimate of drug-likeness (QED) is 0.657. The number of carbonyl (C=O) groups is 3. The minimum absolute atomic E-state index is 0.279. The Hall–Kier alpha value is -3.26. The van der Waals surface area contributed by atoms with Crippen LogP contribution in [0.2, 0.25) is 0 Å². The summed E-state index contributed by atoms with van der Waals surface area (Å²) in [6.07, 6.45) is -1.05. The van der Waals surface area contributed by atoms with Gasteiger partial charge in [-0.3, -0.25) is 9.59 Å². The number of thiophene rings is 1. The maximum absolute atomic E-state index is 13.3. The number of primary amides is 1. The molecule has 0 saturated carbocycles. The van der Waals surface area contributed by atoms with E-state index in [0.29, 0.717) is 16.0 Å². The van der Waals surface area contributed by atoms with Crippen LogP contribution in [0.5, 0.6) is 0 Å². The molecule has 0 bridgehead atoms. The number of nitrogens with one attached hydrogen (secondary N) is 1. The van der Waals surface area contributed by atoms with E-state index in [1.54, 1.807) is 12.1 Å². The van der Waals surface area contributed by atoms with Crippen molar-refractivity contribution in [2.45, 2.75) is 13.0 Å². The molecule has 2 amide bonds. The third kappa shape index (κ3) is 4.29. The van der Waals surface area contributed by atoms with Crippen LogP contribution in [0.4, 0.5) is 10.1 Å². The van der Waals surface area contributed by atoms with Gasteiger partial charge in [0.15, 0.2) is 6.10 Å². The van der Waals surface area contributed by atoms with Gasteiger partial charge in [0.25, 0.3) is 5.91 Å². The summed E-state index contributed by atoms with van der Waals surface area (Å²) in [5, 5.41) is 3.31. The molecular formula is C19H15FN2O4S. The van der Waals surface area contributed by atoms with Gasteiger partial charge in [0.1, 0.15) is 10.7 Å². The van der Waals surface area contributed by atoms with E-state index in [2.05, 4.69) is 5.32 Å². The molecule has 0 aliphatic carbocycles. The molecule has 138 valence electrons. The van der Waals surface area contributed by atoms with Crippen LogP contribution < -0.4 is 11.1 Å². The van der Waals surface area contributed by atoms with Gasteiger partial charge < -0.3 is 15.8 Å². The molecule has 6 nitrogen and oxygen atoms in total. The highest BCUT2D eigenvalue weighted by atomic mass is 32.1. The number of esters is 1. The van der Waals surface area contributed by atoms with E-state index in [0.717, 1.165) is 16.7 Å². The first-order valence-corrected chi connectivity index (χ1v) is 8.76. The smallest absolute Gasteiger partial charge is 0.349 e. The van der Waals surface area contributed by atoms with Crippen LogP contribution in [0.3, 0.4) is 0 Å². The highest BCUT2D eigenvalue weighted by Gasteiger charge is 2.20. The molecule has 0 radical (unpaired) electrons. The van der Waals surface area contributed by atoms with Crippen LogP contribution >= 0.6 is 11.3 Å². The van der Waals surface area contributed by atoms with Gasteiger partial charge in [-0.1, -0.05) is 6.07 Å². The zero-order chi connectivity index (χ0) is 19.6. The molecule has 27 heavy (non-hydrogen) atoms. The van der Waals surface area contributed by atoms with Gasteiger partial charge in [0, 0.05) is 16.0 Å². The molecule has 0 aliphatic rings. The van der Waals surface area contributed by atoms with Crippen molar-refractivity contribution in [2.75, 3.05) is 5.32 Å². The largest absolute Gasteiger partial charge is 0.448 e. The summed E-state index contributed by atoms with van der Waals surface area (Å²) in [7, 11) is 0. The first-order valence-electron chi connectivity index (χ1n) is 7.94. The monoisotopic (exact) mass is 386 g/mol. The van der Waals surface area contributed by atoms with Crippen molar-refractivity contribution in [3.05, 3.63) is 64.8 Å². The van der Waals surface area contributed by atoms with Crippen molar-refractivity contribution in [3.63, 3.8) is 0 Å². The average molecular weight is 386 g/mol. The minimum Gasteiger partial charge on any atom is -0.448 e. The summed E-state index contributed by atoms with van der Waals surface area (Å²) in [6, 6.07) is 11.8. The number of rotatable bonds is 5. The van der Waals surface area contributed by atoms with Crippen LogP contribution in [0.15, 0.2) is 48.5 Å². The zero-order valence-electron chi connectivity index (χ0n) is 14.2. The molecule has 1 atom stereocenters. The number of halogens is 1. The number of hydrogen-bond acceptors (Lipinski definition) is 5. The molecule has 0 aliphatic heterocycles. The zero-order valence-corrected chi connectivity index (χ0v) is 15.0. The standard InChI is InChI=1S/C19H15FN2O4S/c1-10(18(24)22-14-6-3-11(4-7-14)17(21)23)26-19(25)16-8-12-2-5-13(20)9-15(12)27-16/h2-10H,1H3,(H2,21,23)(H,22,24)/t10-/m1/s1.